The van der Waals surface area contributed by atoms with E-state index in [2.05, 4.69) is 0 Å². The quantitative estimate of drug-likeness (QED) is 0.347. The smallest absolute Gasteiger partial charge is 0.543 e. The van der Waals surface area contributed by atoms with Crippen molar-refractivity contribution in [3.63, 3.8) is 0 Å². The molecular formula is C11H6NNaO3S2. The van der Waals surface area contributed by atoms with Crippen LogP contribution in [-0.2, 0) is 9.59 Å². The number of thioether (sulfide) groups is 1. The van der Waals surface area contributed by atoms with Crippen LogP contribution in [0.2, 0.25) is 0 Å². The first-order chi connectivity index (χ1) is 8.18. The number of hydrogen-bond donors (Lipinski definition) is 0. The summed E-state index contributed by atoms with van der Waals surface area (Å²) in [7, 11) is 0. The normalized spacial score (nSPS) is 23.2. The first-order valence-corrected chi connectivity index (χ1v) is 6.71. The van der Waals surface area contributed by atoms with Gasteiger partial charge in [-0.15, -0.1) is 11.8 Å². The fourth-order valence-corrected chi connectivity index (χ4v) is 3.53. The molecule has 1 aromatic heterocycles. The van der Waals surface area contributed by atoms with Crippen molar-refractivity contribution in [2.24, 2.45) is 0 Å². The van der Waals surface area contributed by atoms with E-state index < -0.39 is 5.97 Å². The van der Waals surface area contributed by atoms with E-state index in [1.165, 1.54) is 22.1 Å². The van der Waals surface area contributed by atoms with Gasteiger partial charge in [-0.2, -0.15) is 11.3 Å². The van der Waals surface area contributed by atoms with Gasteiger partial charge in [-0.3, -0.25) is 9.69 Å². The number of carbonyl (C=O) groups is 2. The van der Waals surface area contributed by atoms with Crippen LogP contribution in [0.4, 0.5) is 0 Å². The number of thiophene rings is 1. The van der Waals surface area contributed by atoms with Crippen LogP contribution < -0.4 is 34.7 Å². The second-order valence-electron chi connectivity index (χ2n) is 3.61. The van der Waals surface area contributed by atoms with Crippen molar-refractivity contribution in [3.8, 4) is 0 Å². The number of β-lactam (4-membered cyclic amide) rings is 1. The maximum absolute atomic E-state index is 11.8. The summed E-state index contributed by atoms with van der Waals surface area (Å²) in [5.74, 6) is -1.55. The maximum atomic E-state index is 11.8. The predicted octanol–water partition coefficient (Wildman–Crippen LogP) is -2.36. The molecule has 3 heterocycles. The average molecular weight is 287 g/mol. The number of rotatable bonds is 2. The van der Waals surface area contributed by atoms with E-state index in [0.717, 1.165) is 5.56 Å². The fourth-order valence-electron chi connectivity index (χ4n) is 1.80. The van der Waals surface area contributed by atoms with Crippen LogP contribution in [0, 0.1) is 0 Å². The Hall–Kier alpha value is -0.530. The van der Waals surface area contributed by atoms with Crippen molar-refractivity contribution in [1.29, 1.82) is 0 Å². The monoisotopic (exact) mass is 287 g/mol. The van der Waals surface area contributed by atoms with E-state index >= 15 is 0 Å². The molecule has 0 unspecified atom stereocenters. The minimum Gasteiger partial charge on any atom is -0.543 e. The zero-order valence-corrected chi connectivity index (χ0v) is 13.1. The maximum Gasteiger partial charge on any atom is 1.00 e. The molecule has 1 aromatic rings. The molecule has 1 fully saturated rings. The van der Waals surface area contributed by atoms with E-state index in [1.807, 2.05) is 16.8 Å². The summed E-state index contributed by atoms with van der Waals surface area (Å²) in [6.45, 7) is 0. The Bertz CT molecular complexity index is 565. The van der Waals surface area contributed by atoms with Crippen molar-refractivity contribution in [2.75, 3.05) is 0 Å². The number of amides is 1. The Balaban J connectivity index is 0.00000120. The third-order valence-electron chi connectivity index (χ3n) is 2.61. The van der Waals surface area contributed by atoms with Crippen molar-refractivity contribution >= 4 is 41.1 Å². The largest absolute Gasteiger partial charge is 1.00 e. The molecule has 0 radical (unpaired) electrons. The van der Waals surface area contributed by atoms with Gasteiger partial charge in [0.15, 0.2) is 0 Å². The summed E-state index contributed by atoms with van der Waals surface area (Å²) in [6.07, 6.45) is 1.80. The Morgan fingerprint density at radius 1 is 1.50 bits per heavy atom. The Kier molecular flexibility index (Phi) is 4.03. The van der Waals surface area contributed by atoms with Crippen LogP contribution in [0.25, 0.3) is 6.08 Å². The van der Waals surface area contributed by atoms with Gasteiger partial charge in [0.2, 0.25) is 0 Å². The van der Waals surface area contributed by atoms with Crippen molar-refractivity contribution < 1.29 is 44.3 Å². The number of carbonyl (C=O) groups excluding carboxylic acids is 2. The number of carboxylic acid groups (broad SMARTS) is 1. The van der Waals surface area contributed by atoms with Crippen LogP contribution in [0.5, 0.6) is 0 Å². The summed E-state index contributed by atoms with van der Waals surface area (Å²) in [5, 5.41) is 15.9. The van der Waals surface area contributed by atoms with Gasteiger partial charge in [0, 0.05) is 0 Å². The molecular weight excluding hydrogens is 281 g/mol. The van der Waals surface area contributed by atoms with E-state index in [-0.39, 0.29) is 46.5 Å². The van der Waals surface area contributed by atoms with Gasteiger partial charge < -0.3 is 9.90 Å². The standard InChI is InChI=1S/C11H7NO3S2.Na/c13-9-7(3-6-1-2-16-4-6)10-12(9)8(5-17-10)11(14)15;/h1-5,10H,(H,14,15);/q;+1/p-1/b7-3+;/t10-;/m1./s1. The summed E-state index contributed by atoms with van der Waals surface area (Å²) in [6, 6.07) is 1.92. The van der Waals surface area contributed by atoms with Gasteiger partial charge in [-0.05, 0) is 33.9 Å². The summed E-state index contributed by atoms with van der Waals surface area (Å²) in [4.78, 5) is 23.8. The Labute approximate surface area is 134 Å². The van der Waals surface area contributed by atoms with Gasteiger partial charge in [0.25, 0.3) is 5.91 Å². The van der Waals surface area contributed by atoms with Crippen LogP contribution in [-0.4, -0.2) is 22.2 Å². The van der Waals surface area contributed by atoms with Gasteiger partial charge >= 0.3 is 29.6 Å². The Morgan fingerprint density at radius 2 is 2.28 bits per heavy atom. The van der Waals surface area contributed by atoms with Crippen molar-refractivity contribution in [3.05, 3.63) is 39.1 Å². The molecule has 1 saturated heterocycles. The minimum absolute atomic E-state index is 0. The molecule has 0 saturated carbocycles. The third kappa shape index (κ3) is 2.08. The summed E-state index contributed by atoms with van der Waals surface area (Å²) >= 11 is 2.87. The van der Waals surface area contributed by atoms with Crippen molar-refractivity contribution in [2.45, 2.75) is 5.37 Å². The molecule has 0 aliphatic carbocycles. The van der Waals surface area contributed by atoms with Crippen LogP contribution in [0.3, 0.4) is 0 Å². The molecule has 18 heavy (non-hydrogen) atoms. The third-order valence-corrected chi connectivity index (χ3v) is 4.39. The number of hydrogen-bond acceptors (Lipinski definition) is 5. The second kappa shape index (κ2) is 5.22. The molecule has 3 rings (SSSR count). The van der Waals surface area contributed by atoms with E-state index in [0.29, 0.717) is 5.57 Å². The molecule has 86 valence electrons. The van der Waals surface area contributed by atoms with Gasteiger partial charge in [0.1, 0.15) is 5.37 Å². The molecule has 1 amide bonds. The first-order valence-electron chi connectivity index (χ1n) is 4.83. The van der Waals surface area contributed by atoms with E-state index in [4.69, 9.17) is 0 Å². The van der Waals surface area contributed by atoms with Crippen LogP contribution in [0.1, 0.15) is 5.56 Å². The molecule has 2 aliphatic heterocycles. The zero-order chi connectivity index (χ0) is 12.0. The molecule has 4 nitrogen and oxygen atoms in total. The Morgan fingerprint density at radius 3 is 2.89 bits per heavy atom. The zero-order valence-electron chi connectivity index (χ0n) is 9.45. The van der Waals surface area contributed by atoms with E-state index in [9.17, 15) is 14.7 Å². The molecule has 0 N–H and O–H groups in total. The number of nitrogens with zero attached hydrogens (tertiary/aromatic N) is 1. The second-order valence-corrected chi connectivity index (χ2v) is 5.34. The SMILES string of the molecule is O=C([O-])C1=CS[C@@H]2/C(=C/c3ccsc3)C(=O)N12.[Na+]. The number of fused-ring (bicyclic) bond motifs is 1. The van der Waals surface area contributed by atoms with Gasteiger partial charge in [-0.1, -0.05) is 0 Å². The molecule has 0 bridgehead atoms. The first kappa shape index (κ1) is 13.9. The minimum atomic E-state index is -1.30. The van der Waals surface area contributed by atoms with Gasteiger partial charge in [-0.25, -0.2) is 0 Å². The summed E-state index contributed by atoms with van der Waals surface area (Å²) in [5.41, 5.74) is 1.58. The molecule has 0 spiro atoms. The van der Waals surface area contributed by atoms with Gasteiger partial charge in [0.05, 0.1) is 17.2 Å². The number of aliphatic carboxylic acids is 1. The summed E-state index contributed by atoms with van der Waals surface area (Å²) < 4.78 is 0. The van der Waals surface area contributed by atoms with Crippen LogP contribution >= 0.6 is 23.1 Å². The van der Waals surface area contributed by atoms with E-state index in [1.54, 1.807) is 17.4 Å². The average Bonchev–Trinajstić information content (AvgIpc) is 2.93. The van der Waals surface area contributed by atoms with Crippen molar-refractivity contribution in [1.82, 2.24) is 4.90 Å². The topological polar surface area (TPSA) is 60.4 Å². The molecule has 0 aromatic carbocycles. The fraction of sp³-hybridized carbons (Fsp3) is 0.0909. The van der Waals surface area contributed by atoms with Crippen LogP contribution in [0.15, 0.2) is 33.5 Å². The predicted molar refractivity (Wildman–Crippen MR) is 63.6 cm³/mol. The molecule has 2 aliphatic rings. The molecule has 7 heteroatoms. The number of carboxylic acids is 1. The molecule has 1 atom stereocenters.